The average molecular weight is 225 g/mol. The van der Waals surface area contributed by atoms with Crippen molar-refractivity contribution in [2.45, 2.75) is 25.3 Å². The number of hydrogen-bond donors (Lipinski definition) is 1. The highest BCUT2D eigenvalue weighted by atomic mass is 16.2. The Kier molecular flexibility index (Phi) is 2.36. The summed E-state index contributed by atoms with van der Waals surface area (Å²) < 4.78 is 0. The van der Waals surface area contributed by atoms with E-state index < -0.39 is 0 Å². The molecule has 1 aromatic carbocycles. The molecular formula is C15H15NO. The molecule has 1 unspecified atom stereocenters. The van der Waals surface area contributed by atoms with Crippen LogP contribution in [0.25, 0.3) is 5.57 Å². The molecule has 3 rings (SSSR count). The maximum absolute atomic E-state index is 11.9. The number of nitrogens with one attached hydrogen (secondary N) is 1. The van der Waals surface area contributed by atoms with E-state index in [1.807, 2.05) is 12.1 Å². The molecule has 0 saturated carbocycles. The van der Waals surface area contributed by atoms with Crippen LogP contribution in [0.1, 0.15) is 24.0 Å². The van der Waals surface area contributed by atoms with E-state index in [0.29, 0.717) is 0 Å². The highest BCUT2D eigenvalue weighted by molar-refractivity contribution is 6.08. The van der Waals surface area contributed by atoms with Crippen molar-refractivity contribution in [2.75, 3.05) is 0 Å². The van der Waals surface area contributed by atoms with E-state index in [4.69, 9.17) is 0 Å². The Morgan fingerprint density at radius 3 is 3.00 bits per heavy atom. The van der Waals surface area contributed by atoms with Crippen LogP contribution in [-0.4, -0.2) is 11.9 Å². The van der Waals surface area contributed by atoms with Crippen LogP contribution >= 0.6 is 0 Å². The highest BCUT2D eigenvalue weighted by Crippen LogP contribution is 2.37. The van der Waals surface area contributed by atoms with Crippen LogP contribution in [0.5, 0.6) is 0 Å². The first-order chi connectivity index (χ1) is 8.31. The van der Waals surface area contributed by atoms with Gasteiger partial charge in [0.1, 0.15) is 0 Å². The second kappa shape index (κ2) is 3.88. The second-order valence-corrected chi connectivity index (χ2v) is 4.60. The van der Waals surface area contributed by atoms with Crippen LogP contribution in [0.3, 0.4) is 0 Å². The third-order valence-electron chi connectivity index (χ3n) is 3.61. The summed E-state index contributed by atoms with van der Waals surface area (Å²) in [5.74, 6) is 0.112. The summed E-state index contributed by atoms with van der Waals surface area (Å²) in [5, 5.41) is 3.05. The Labute approximate surface area is 101 Å². The highest BCUT2D eigenvalue weighted by Gasteiger charge is 2.34. The number of benzene rings is 1. The van der Waals surface area contributed by atoms with Gasteiger partial charge in [-0.2, -0.15) is 0 Å². The third-order valence-corrected chi connectivity index (χ3v) is 3.61. The first-order valence-corrected chi connectivity index (χ1v) is 6.04. The molecular weight excluding hydrogens is 210 g/mol. The van der Waals surface area contributed by atoms with E-state index in [2.05, 4.69) is 30.1 Å². The number of amides is 1. The zero-order chi connectivity index (χ0) is 11.8. The van der Waals surface area contributed by atoms with Gasteiger partial charge in [0, 0.05) is 5.57 Å². The lowest BCUT2D eigenvalue weighted by Gasteiger charge is -2.20. The average Bonchev–Trinajstić information content (AvgIpc) is 2.67. The summed E-state index contributed by atoms with van der Waals surface area (Å²) in [6.07, 6.45) is 4.52. The van der Waals surface area contributed by atoms with Gasteiger partial charge < -0.3 is 5.32 Å². The molecule has 0 bridgehead atoms. The number of carbonyl (C=O) groups excluding carboxylic acids is 1. The minimum atomic E-state index is 0.112. The maximum atomic E-state index is 11.9. The first-order valence-electron chi connectivity index (χ1n) is 6.04. The summed E-state index contributed by atoms with van der Waals surface area (Å²) in [4.78, 5) is 11.9. The Bertz CT molecular complexity index is 527. The summed E-state index contributed by atoms with van der Waals surface area (Å²) >= 11 is 0. The van der Waals surface area contributed by atoms with Gasteiger partial charge in [-0.05, 0) is 36.0 Å². The van der Waals surface area contributed by atoms with Gasteiger partial charge in [0.15, 0.2) is 0 Å². The molecule has 0 saturated heterocycles. The van der Waals surface area contributed by atoms with E-state index in [9.17, 15) is 4.79 Å². The Morgan fingerprint density at radius 2 is 2.18 bits per heavy atom. The van der Waals surface area contributed by atoms with Gasteiger partial charge in [0.25, 0.3) is 0 Å². The molecule has 0 fully saturated rings. The number of rotatable bonds is 2. The van der Waals surface area contributed by atoms with Crippen LogP contribution in [0, 0.1) is 0 Å². The Hall–Kier alpha value is -1.83. The molecule has 1 atom stereocenters. The fourth-order valence-corrected chi connectivity index (χ4v) is 2.85. The van der Waals surface area contributed by atoms with Gasteiger partial charge in [-0.1, -0.05) is 30.3 Å². The standard InChI is InChI=1S/C15H15NO/c1-2-5-13-14-11-7-4-3-6-10(11)8-9-12(14)15(17)16-13/h2-4,6-7,13H,1,5,8-9H2,(H,16,17). The third kappa shape index (κ3) is 1.52. The molecule has 1 aromatic rings. The zero-order valence-corrected chi connectivity index (χ0v) is 9.70. The van der Waals surface area contributed by atoms with Crippen molar-refractivity contribution in [3.63, 3.8) is 0 Å². The molecule has 2 aliphatic rings. The van der Waals surface area contributed by atoms with Crippen LogP contribution in [0.15, 0.2) is 42.5 Å². The topological polar surface area (TPSA) is 29.1 Å². The van der Waals surface area contributed by atoms with Crippen LogP contribution in [-0.2, 0) is 11.2 Å². The van der Waals surface area contributed by atoms with Crippen molar-refractivity contribution in [1.29, 1.82) is 0 Å². The zero-order valence-electron chi connectivity index (χ0n) is 9.70. The normalized spacial score (nSPS) is 21.9. The minimum Gasteiger partial charge on any atom is -0.345 e. The lowest BCUT2D eigenvalue weighted by Crippen LogP contribution is -2.27. The van der Waals surface area contributed by atoms with E-state index in [1.165, 1.54) is 16.7 Å². The summed E-state index contributed by atoms with van der Waals surface area (Å²) in [6.45, 7) is 3.77. The molecule has 1 heterocycles. The molecule has 1 amide bonds. The van der Waals surface area contributed by atoms with Crippen molar-refractivity contribution in [2.24, 2.45) is 0 Å². The molecule has 2 heteroatoms. The summed E-state index contributed by atoms with van der Waals surface area (Å²) in [6, 6.07) is 8.52. The fourth-order valence-electron chi connectivity index (χ4n) is 2.85. The summed E-state index contributed by atoms with van der Waals surface area (Å²) in [7, 11) is 0. The van der Waals surface area contributed by atoms with Gasteiger partial charge in [-0.3, -0.25) is 4.79 Å². The van der Waals surface area contributed by atoms with Gasteiger partial charge in [-0.25, -0.2) is 0 Å². The van der Waals surface area contributed by atoms with E-state index in [-0.39, 0.29) is 11.9 Å². The molecule has 1 N–H and O–H groups in total. The van der Waals surface area contributed by atoms with Crippen molar-refractivity contribution < 1.29 is 4.79 Å². The van der Waals surface area contributed by atoms with Crippen molar-refractivity contribution >= 4 is 11.5 Å². The van der Waals surface area contributed by atoms with Gasteiger partial charge in [0.2, 0.25) is 5.91 Å². The number of aryl methyl sites for hydroxylation is 1. The largest absolute Gasteiger partial charge is 0.345 e. The first kappa shape index (κ1) is 10.3. The van der Waals surface area contributed by atoms with Crippen molar-refractivity contribution in [1.82, 2.24) is 5.32 Å². The lowest BCUT2D eigenvalue weighted by atomic mass is 9.83. The summed E-state index contributed by atoms with van der Waals surface area (Å²) in [5.41, 5.74) is 4.79. The van der Waals surface area contributed by atoms with Crippen LogP contribution < -0.4 is 5.32 Å². The van der Waals surface area contributed by atoms with Gasteiger partial charge in [0.05, 0.1) is 6.04 Å². The molecule has 86 valence electrons. The van der Waals surface area contributed by atoms with Crippen molar-refractivity contribution in [3.05, 3.63) is 53.6 Å². The number of fused-ring (bicyclic) bond motifs is 2. The van der Waals surface area contributed by atoms with Crippen LogP contribution in [0.2, 0.25) is 0 Å². The SMILES string of the molecule is C=CCC1NC(=O)C2=C1c1ccccc1CC2. The Balaban J connectivity index is 2.13. The van der Waals surface area contributed by atoms with Crippen LogP contribution in [0.4, 0.5) is 0 Å². The minimum absolute atomic E-state index is 0.112. The number of hydrogen-bond acceptors (Lipinski definition) is 1. The quantitative estimate of drug-likeness (QED) is 0.770. The molecule has 17 heavy (non-hydrogen) atoms. The molecule has 0 aromatic heterocycles. The van der Waals surface area contributed by atoms with Gasteiger partial charge >= 0.3 is 0 Å². The van der Waals surface area contributed by atoms with E-state index in [1.54, 1.807) is 0 Å². The van der Waals surface area contributed by atoms with E-state index in [0.717, 1.165) is 24.8 Å². The van der Waals surface area contributed by atoms with E-state index >= 15 is 0 Å². The smallest absolute Gasteiger partial charge is 0.248 e. The monoisotopic (exact) mass is 225 g/mol. The van der Waals surface area contributed by atoms with Gasteiger partial charge in [-0.15, -0.1) is 6.58 Å². The second-order valence-electron chi connectivity index (χ2n) is 4.60. The Morgan fingerprint density at radius 1 is 1.35 bits per heavy atom. The molecule has 0 spiro atoms. The predicted octanol–water partition coefficient (Wildman–Crippen LogP) is 2.46. The molecule has 0 radical (unpaired) electrons. The molecule has 1 aliphatic carbocycles. The molecule has 1 aliphatic heterocycles. The molecule has 2 nitrogen and oxygen atoms in total. The lowest BCUT2D eigenvalue weighted by molar-refractivity contribution is -0.117. The predicted molar refractivity (Wildman–Crippen MR) is 68.4 cm³/mol. The van der Waals surface area contributed by atoms with Crippen molar-refractivity contribution in [3.8, 4) is 0 Å². The number of carbonyl (C=O) groups is 1. The maximum Gasteiger partial charge on any atom is 0.248 e. The fraction of sp³-hybridized carbons (Fsp3) is 0.267.